The lowest BCUT2D eigenvalue weighted by Gasteiger charge is -2.21. The minimum Gasteiger partial charge on any atom is -0.206 e. The zero-order chi connectivity index (χ0) is 13.9. The van der Waals surface area contributed by atoms with Gasteiger partial charge in [0.05, 0.1) is 5.88 Å². The van der Waals surface area contributed by atoms with Crippen LogP contribution in [-0.4, -0.2) is 25.8 Å². The van der Waals surface area contributed by atoms with Crippen molar-refractivity contribution in [2.45, 2.75) is 37.8 Å². The Morgan fingerprint density at radius 1 is 1.44 bits per heavy atom. The van der Waals surface area contributed by atoms with E-state index in [9.17, 15) is 8.42 Å². The number of hydrogen-bond donors (Lipinski definition) is 0. The summed E-state index contributed by atoms with van der Waals surface area (Å²) in [5.41, 5.74) is 0.953. The van der Waals surface area contributed by atoms with Gasteiger partial charge in [0.2, 0.25) is 0 Å². The minimum absolute atomic E-state index is 0.313. The van der Waals surface area contributed by atoms with Gasteiger partial charge in [0.25, 0.3) is 10.0 Å². The Morgan fingerprint density at radius 3 is 2.44 bits per heavy atom. The summed E-state index contributed by atoms with van der Waals surface area (Å²) >= 11 is 7.07. The lowest BCUT2D eigenvalue weighted by atomic mass is 10.2. The van der Waals surface area contributed by atoms with Gasteiger partial charge in [0.1, 0.15) is 4.21 Å². The standard InChI is InChI=1S/C12H20ClNO2S2/c1-5-14(8-9(2)3)18(15,16)12-6-10(4)11(7-13)17-12/h6,9H,5,7-8H2,1-4H3. The Hall–Kier alpha value is -0.100. The zero-order valence-corrected chi connectivity index (χ0v) is 13.6. The molecular weight excluding hydrogens is 290 g/mol. The first-order valence-electron chi connectivity index (χ1n) is 5.98. The zero-order valence-electron chi connectivity index (χ0n) is 11.2. The van der Waals surface area contributed by atoms with Gasteiger partial charge >= 0.3 is 0 Å². The molecule has 1 aromatic heterocycles. The average Bonchev–Trinajstić information content (AvgIpc) is 2.67. The van der Waals surface area contributed by atoms with Crippen molar-refractivity contribution in [3.63, 3.8) is 0 Å². The Kier molecular flexibility index (Phi) is 5.65. The van der Waals surface area contributed by atoms with Crippen molar-refractivity contribution in [3.8, 4) is 0 Å². The molecule has 1 rings (SSSR count). The van der Waals surface area contributed by atoms with E-state index in [0.717, 1.165) is 10.4 Å². The number of aryl methyl sites for hydroxylation is 1. The van der Waals surface area contributed by atoms with Gasteiger partial charge in [-0.3, -0.25) is 0 Å². The average molecular weight is 310 g/mol. The molecule has 0 fully saturated rings. The van der Waals surface area contributed by atoms with E-state index in [0.29, 0.717) is 29.1 Å². The summed E-state index contributed by atoms with van der Waals surface area (Å²) in [6.45, 7) is 8.83. The van der Waals surface area contributed by atoms with Gasteiger partial charge in [-0.25, -0.2) is 8.42 Å². The predicted molar refractivity (Wildman–Crippen MR) is 77.9 cm³/mol. The molecule has 104 valence electrons. The van der Waals surface area contributed by atoms with Crippen molar-refractivity contribution >= 4 is 33.0 Å². The molecule has 1 aromatic rings. The topological polar surface area (TPSA) is 37.4 Å². The van der Waals surface area contributed by atoms with Gasteiger partial charge in [0, 0.05) is 18.0 Å². The third-order valence-electron chi connectivity index (χ3n) is 2.63. The second-order valence-electron chi connectivity index (χ2n) is 4.65. The van der Waals surface area contributed by atoms with Gasteiger partial charge in [0.15, 0.2) is 0 Å². The van der Waals surface area contributed by atoms with Crippen LogP contribution in [0.15, 0.2) is 10.3 Å². The van der Waals surface area contributed by atoms with E-state index < -0.39 is 10.0 Å². The molecule has 0 aliphatic carbocycles. The molecule has 0 aliphatic heterocycles. The van der Waals surface area contributed by atoms with Gasteiger partial charge in [-0.15, -0.1) is 22.9 Å². The maximum Gasteiger partial charge on any atom is 0.252 e. The molecule has 0 unspecified atom stereocenters. The highest BCUT2D eigenvalue weighted by molar-refractivity contribution is 7.91. The highest BCUT2D eigenvalue weighted by atomic mass is 35.5. The molecule has 0 spiro atoms. The van der Waals surface area contributed by atoms with Crippen LogP contribution < -0.4 is 0 Å². The van der Waals surface area contributed by atoms with Crippen LogP contribution in [0.5, 0.6) is 0 Å². The summed E-state index contributed by atoms with van der Waals surface area (Å²) in [5, 5.41) is 0. The third kappa shape index (κ3) is 3.47. The first-order valence-corrected chi connectivity index (χ1v) is 8.77. The fourth-order valence-electron chi connectivity index (χ4n) is 1.68. The van der Waals surface area contributed by atoms with Crippen molar-refractivity contribution in [1.29, 1.82) is 0 Å². The molecule has 0 saturated carbocycles. The highest BCUT2D eigenvalue weighted by Crippen LogP contribution is 2.29. The van der Waals surface area contributed by atoms with Crippen LogP contribution in [0.2, 0.25) is 0 Å². The quantitative estimate of drug-likeness (QED) is 0.755. The first kappa shape index (κ1) is 16.0. The third-order valence-corrected chi connectivity index (χ3v) is 6.69. The Morgan fingerprint density at radius 2 is 2.06 bits per heavy atom. The number of sulfonamides is 1. The lowest BCUT2D eigenvalue weighted by molar-refractivity contribution is 0.382. The molecule has 0 radical (unpaired) electrons. The van der Waals surface area contributed by atoms with Crippen LogP contribution in [-0.2, 0) is 15.9 Å². The normalized spacial score (nSPS) is 12.6. The largest absolute Gasteiger partial charge is 0.252 e. The summed E-state index contributed by atoms with van der Waals surface area (Å²) < 4.78 is 26.9. The number of rotatable bonds is 6. The highest BCUT2D eigenvalue weighted by Gasteiger charge is 2.26. The fourth-order valence-corrected chi connectivity index (χ4v) is 5.26. The molecule has 0 bridgehead atoms. The van der Waals surface area contributed by atoms with Crippen molar-refractivity contribution in [3.05, 3.63) is 16.5 Å². The van der Waals surface area contributed by atoms with Crippen molar-refractivity contribution in [2.75, 3.05) is 13.1 Å². The molecule has 18 heavy (non-hydrogen) atoms. The summed E-state index contributed by atoms with van der Waals surface area (Å²) in [5.74, 6) is 0.677. The first-order chi connectivity index (χ1) is 8.32. The van der Waals surface area contributed by atoms with Crippen LogP contribution in [0, 0.1) is 12.8 Å². The fraction of sp³-hybridized carbons (Fsp3) is 0.667. The van der Waals surface area contributed by atoms with Crippen molar-refractivity contribution in [1.82, 2.24) is 4.31 Å². The number of thiophene rings is 1. The molecule has 0 amide bonds. The van der Waals surface area contributed by atoms with E-state index in [-0.39, 0.29) is 0 Å². The summed E-state index contributed by atoms with van der Waals surface area (Å²) in [4.78, 5) is 0.927. The van der Waals surface area contributed by atoms with Gasteiger partial charge in [-0.1, -0.05) is 20.8 Å². The van der Waals surface area contributed by atoms with E-state index in [1.165, 1.54) is 15.6 Å². The smallest absolute Gasteiger partial charge is 0.206 e. The van der Waals surface area contributed by atoms with Crippen molar-refractivity contribution in [2.24, 2.45) is 5.92 Å². The van der Waals surface area contributed by atoms with E-state index in [2.05, 4.69) is 0 Å². The lowest BCUT2D eigenvalue weighted by Crippen LogP contribution is -2.33. The van der Waals surface area contributed by atoms with Crippen LogP contribution in [0.1, 0.15) is 31.2 Å². The molecule has 0 aliphatic rings. The van der Waals surface area contributed by atoms with Gasteiger partial charge < -0.3 is 0 Å². The number of halogens is 1. The summed E-state index contributed by atoms with van der Waals surface area (Å²) in [6.07, 6.45) is 0. The van der Waals surface area contributed by atoms with E-state index in [1.807, 2.05) is 27.7 Å². The van der Waals surface area contributed by atoms with Crippen LogP contribution in [0.3, 0.4) is 0 Å². The van der Waals surface area contributed by atoms with E-state index in [4.69, 9.17) is 11.6 Å². The van der Waals surface area contributed by atoms with Gasteiger partial charge in [-0.05, 0) is 24.5 Å². The van der Waals surface area contributed by atoms with Crippen molar-refractivity contribution < 1.29 is 8.42 Å². The maximum absolute atomic E-state index is 12.5. The summed E-state index contributed by atoms with van der Waals surface area (Å²) in [7, 11) is -3.36. The molecule has 0 aromatic carbocycles. The Balaban J connectivity index is 3.10. The molecule has 0 N–H and O–H groups in total. The summed E-state index contributed by atoms with van der Waals surface area (Å²) in [6, 6.07) is 1.72. The second kappa shape index (κ2) is 6.37. The molecule has 3 nitrogen and oxygen atoms in total. The number of hydrogen-bond acceptors (Lipinski definition) is 3. The molecule has 1 heterocycles. The van der Waals surface area contributed by atoms with E-state index >= 15 is 0 Å². The number of alkyl halides is 1. The molecule has 0 atom stereocenters. The van der Waals surface area contributed by atoms with Crippen LogP contribution in [0.4, 0.5) is 0 Å². The minimum atomic E-state index is -3.36. The Labute approximate surface area is 119 Å². The Bertz CT molecular complexity index is 494. The van der Waals surface area contributed by atoms with Crippen LogP contribution >= 0.6 is 22.9 Å². The number of nitrogens with zero attached hydrogens (tertiary/aromatic N) is 1. The maximum atomic E-state index is 12.5. The van der Waals surface area contributed by atoms with Gasteiger partial charge in [-0.2, -0.15) is 4.31 Å². The monoisotopic (exact) mass is 309 g/mol. The molecular formula is C12H20ClNO2S2. The predicted octanol–water partition coefficient (Wildman–Crippen LogP) is 3.46. The van der Waals surface area contributed by atoms with E-state index in [1.54, 1.807) is 6.07 Å². The SMILES string of the molecule is CCN(CC(C)C)S(=O)(=O)c1cc(C)c(CCl)s1. The van der Waals surface area contributed by atoms with Crippen LogP contribution in [0.25, 0.3) is 0 Å². The molecule has 6 heteroatoms. The molecule has 0 saturated heterocycles. The second-order valence-corrected chi connectivity index (χ2v) is 8.22.